The molecule has 0 saturated carbocycles. The maximum atomic E-state index is 5.28. The molecule has 0 N–H and O–H groups in total. The zero-order valence-electron chi connectivity index (χ0n) is 18.5. The minimum Gasteiger partial charge on any atom is -0.497 e. The molecule has 1 heterocycles. The molecule has 3 nitrogen and oxygen atoms in total. The molecule has 158 valence electrons. The first-order valence-corrected chi connectivity index (χ1v) is 11.2. The van der Waals surface area contributed by atoms with Crippen molar-refractivity contribution in [2.45, 2.75) is 45.4 Å². The number of hydrogen-bond acceptors (Lipinski definition) is 2. The Kier molecular flexibility index (Phi) is 8.00. The minimum absolute atomic E-state index is 0.853. The lowest BCUT2D eigenvalue weighted by atomic mass is 9.95. The van der Waals surface area contributed by atoms with E-state index in [0.717, 1.165) is 30.3 Å². The molecule has 1 saturated heterocycles. The van der Waals surface area contributed by atoms with Crippen molar-refractivity contribution < 1.29 is 14.0 Å². The van der Waals surface area contributed by atoms with Gasteiger partial charge in [0.1, 0.15) is 11.5 Å². The Labute approximate surface area is 177 Å². The number of ether oxygens (including phenoxy) is 2. The average molecular weight is 397 g/mol. The molecule has 0 aromatic heterocycles. The van der Waals surface area contributed by atoms with E-state index in [0.29, 0.717) is 0 Å². The number of methoxy groups -OCH3 is 2. The van der Waals surface area contributed by atoms with Crippen molar-refractivity contribution in [3.05, 3.63) is 59.7 Å². The summed E-state index contributed by atoms with van der Waals surface area (Å²) in [4.78, 5) is 0. The molecule has 1 atom stereocenters. The first kappa shape index (κ1) is 21.7. The van der Waals surface area contributed by atoms with Gasteiger partial charge >= 0.3 is 0 Å². The van der Waals surface area contributed by atoms with E-state index in [1.807, 2.05) is 0 Å². The van der Waals surface area contributed by atoms with Crippen LogP contribution in [0.25, 0.3) is 0 Å². The number of nitrogens with zero attached hydrogens (tertiary/aromatic N) is 1. The fourth-order valence-corrected chi connectivity index (χ4v) is 4.96. The van der Waals surface area contributed by atoms with Crippen molar-refractivity contribution >= 4 is 0 Å². The summed E-state index contributed by atoms with van der Waals surface area (Å²) in [6, 6.07) is 17.2. The molecule has 2 aromatic rings. The van der Waals surface area contributed by atoms with Crippen LogP contribution in [0.5, 0.6) is 11.5 Å². The topological polar surface area (TPSA) is 18.5 Å². The van der Waals surface area contributed by atoms with Crippen molar-refractivity contribution in [3.63, 3.8) is 0 Å². The molecule has 0 bridgehead atoms. The van der Waals surface area contributed by atoms with Crippen molar-refractivity contribution in [2.75, 3.05) is 40.4 Å². The van der Waals surface area contributed by atoms with E-state index in [1.165, 1.54) is 67.5 Å². The lowest BCUT2D eigenvalue weighted by molar-refractivity contribution is -0.936. The number of hydrogen-bond donors (Lipinski definition) is 0. The van der Waals surface area contributed by atoms with Gasteiger partial charge in [-0.1, -0.05) is 31.2 Å². The number of piperidine rings is 1. The Morgan fingerprint density at radius 2 is 1.28 bits per heavy atom. The van der Waals surface area contributed by atoms with Crippen molar-refractivity contribution in [1.82, 2.24) is 0 Å². The van der Waals surface area contributed by atoms with Gasteiger partial charge < -0.3 is 14.0 Å². The van der Waals surface area contributed by atoms with Crippen LogP contribution in [0, 0.1) is 5.92 Å². The molecule has 1 fully saturated rings. The minimum atomic E-state index is 0.853. The second-order valence-electron chi connectivity index (χ2n) is 8.85. The van der Waals surface area contributed by atoms with E-state index in [1.54, 1.807) is 14.2 Å². The van der Waals surface area contributed by atoms with E-state index >= 15 is 0 Å². The summed E-state index contributed by atoms with van der Waals surface area (Å²) in [5.41, 5.74) is 2.85. The highest BCUT2D eigenvalue weighted by Crippen LogP contribution is 2.26. The predicted octanol–water partition coefficient (Wildman–Crippen LogP) is 5.52. The lowest BCUT2D eigenvalue weighted by Crippen LogP contribution is -2.55. The normalized spacial score (nSPS) is 18.4. The van der Waals surface area contributed by atoms with Gasteiger partial charge in [0, 0.05) is 18.8 Å². The van der Waals surface area contributed by atoms with Crippen LogP contribution < -0.4 is 9.47 Å². The maximum absolute atomic E-state index is 5.28. The molecule has 29 heavy (non-hydrogen) atoms. The van der Waals surface area contributed by atoms with E-state index < -0.39 is 0 Å². The Morgan fingerprint density at radius 1 is 0.793 bits per heavy atom. The largest absolute Gasteiger partial charge is 0.497 e. The number of likely N-dealkylation sites (tertiary alicyclic amines) is 1. The van der Waals surface area contributed by atoms with Crippen LogP contribution in [0.4, 0.5) is 0 Å². The summed E-state index contributed by atoms with van der Waals surface area (Å²) < 4.78 is 11.9. The number of aryl methyl sites for hydroxylation is 2. The molecular formula is C26H38NO2+. The van der Waals surface area contributed by atoms with Crippen LogP contribution in [0.3, 0.4) is 0 Å². The van der Waals surface area contributed by atoms with E-state index in [2.05, 4.69) is 55.5 Å². The molecule has 0 unspecified atom stereocenters. The van der Waals surface area contributed by atoms with Crippen LogP contribution in [0.2, 0.25) is 0 Å². The Bertz CT molecular complexity index is 670. The van der Waals surface area contributed by atoms with Gasteiger partial charge in [-0.15, -0.1) is 0 Å². The highest BCUT2D eigenvalue weighted by molar-refractivity contribution is 5.27. The molecule has 0 amide bonds. The summed E-state index contributed by atoms with van der Waals surface area (Å²) in [7, 11) is 3.46. The molecule has 0 aliphatic carbocycles. The monoisotopic (exact) mass is 396 g/mol. The predicted molar refractivity (Wildman–Crippen MR) is 121 cm³/mol. The molecular weight excluding hydrogens is 358 g/mol. The van der Waals surface area contributed by atoms with Crippen LogP contribution in [0.15, 0.2) is 48.5 Å². The third-order valence-electron chi connectivity index (χ3n) is 6.54. The summed E-state index contributed by atoms with van der Waals surface area (Å²) >= 11 is 0. The van der Waals surface area contributed by atoms with Gasteiger partial charge in [0.15, 0.2) is 0 Å². The number of benzene rings is 2. The van der Waals surface area contributed by atoms with E-state index in [9.17, 15) is 0 Å². The Morgan fingerprint density at radius 3 is 1.69 bits per heavy atom. The maximum Gasteiger partial charge on any atom is 0.118 e. The highest BCUT2D eigenvalue weighted by atomic mass is 16.5. The van der Waals surface area contributed by atoms with Gasteiger partial charge in [0.2, 0.25) is 0 Å². The first-order chi connectivity index (χ1) is 14.1. The van der Waals surface area contributed by atoms with Crippen molar-refractivity contribution in [1.29, 1.82) is 0 Å². The van der Waals surface area contributed by atoms with Crippen LogP contribution >= 0.6 is 0 Å². The zero-order chi connectivity index (χ0) is 20.5. The molecule has 0 radical (unpaired) electrons. The third-order valence-corrected chi connectivity index (χ3v) is 6.54. The summed E-state index contributed by atoms with van der Waals surface area (Å²) in [6.45, 7) is 7.76. The van der Waals surface area contributed by atoms with Crippen LogP contribution in [0.1, 0.15) is 43.7 Å². The smallest absolute Gasteiger partial charge is 0.118 e. The number of quaternary nitrogens is 1. The van der Waals surface area contributed by atoms with Gasteiger partial charge in [-0.3, -0.25) is 0 Å². The summed E-state index contributed by atoms with van der Waals surface area (Å²) in [6.07, 6.45) is 7.64. The first-order valence-electron chi connectivity index (χ1n) is 11.2. The van der Waals surface area contributed by atoms with E-state index in [-0.39, 0.29) is 0 Å². The Hall–Kier alpha value is -2.00. The van der Waals surface area contributed by atoms with E-state index in [4.69, 9.17) is 9.47 Å². The fourth-order valence-electron chi connectivity index (χ4n) is 4.96. The number of rotatable bonds is 10. The lowest BCUT2D eigenvalue weighted by Gasteiger charge is -2.44. The molecule has 1 aliphatic rings. The SMILES string of the molecule is COc1ccc(CCC[N+]2(CCCc3ccc(OC)cc3)CCC[C@H](C)C2)cc1. The average Bonchev–Trinajstić information content (AvgIpc) is 2.75. The van der Waals surface area contributed by atoms with Gasteiger partial charge in [-0.2, -0.15) is 0 Å². The Balaban J connectivity index is 1.53. The third kappa shape index (κ3) is 6.50. The quantitative estimate of drug-likeness (QED) is 0.493. The van der Waals surface area contributed by atoms with Crippen molar-refractivity contribution in [3.8, 4) is 11.5 Å². The van der Waals surface area contributed by atoms with Crippen LogP contribution in [-0.2, 0) is 12.8 Å². The molecule has 1 aliphatic heterocycles. The van der Waals surface area contributed by atoms with Crippen LogP contribution in [-0.4, -0.2) is 44.9 Å². The second-order valence-corrected chi connectivity index (χ2v) is 8.85. The summed E-state index contributed by atoms with van der Waals surface area (Å²) in [5, 5.41) is 0. The second kappa shape index (κ2) is 10.7. The molecule has 0 spiro atoms. The molecule has 3 heteroatoms. The van der Waals surface area contributed by atoms with Gasteiger partial charge in [0.05, 0.1) is 40.4 Å². The van der Waals surface area contributed by atoms with Gasteiger partial charge in [0.25, 0.3) is 0 Å². The zero-order valence-corrected chi connectivity index (χ0v) is 18.5. The van der Waals surface area contributed by atoms with Gasteiger partial charge in [-0.25, -0.2) is 0 Å². The standard InChI is InChI=1S/C26H38NO2/c1-22-7-4-18-27(21-22,19-5-8-23-10-14-25(28-2)15-11-23)20-6-9-24-12-16-26(29-3)17-13-24/h10-17,22H,4-9,18-21H2,1-3H3/q+1/t22-/m0/s1. The molecule has 3 rings (SSSR count). The molecule has 2 aromatic carbocycles. The van der Waals surface area contributed by atoms with Crippen molar-refractivity contribution in [2.24, 2.45) is 5.92 Å². The summed E-state index contributed by atoms with van der Waals surface area (Å²) in [5.74, 6) is 2.74. The van der Waals surface area contributed by atoms with Gasteiger partial charge in [-0.05, 0) is 61.1 Å². The highest BCUT2D eigenvalue weighted by Gasteiger charge is 2.32. The fraction of sp³-hybridized carbons (Fsp3) is 0.538.